The van der Waals surface area contributed by atoms with Crippen LogP contribution >= 0.6 is 0 Å². The molecule has 3 aliphatic rings. The fraction of sp³-hybridized carbons (Fsp3) is 1.00. The molecule has 0 N–H and O–H groups in total. The van der Waals surface area contributed by atoms with Gasteiger partial charge in [-0.2, -0.15) is 0 Å². The van der Waals surface area contributed by atoms with Gasteiger partial charge in [-0.15, -0.1) is 0 Å². The van der Waals surface area contributed by atoms with Gasteiger partial charge in [-0.25, -0.2) is 0 Å². The zero-order chi connectivity index (χ0) is 16.1. The normalized spacial score (nSPS) is 27.9. The Labute approximate surface area is 159 Å². The van der Waals surface area contributed by atoms with E-state index in [0.29, 0.717) is 0 Å². The molecule has 0 aromatic carbocycles. The minimum atomic E-state index is 0.754. The van der Waals surface area contributed by atoms with Crippen molar-refractivity contribution in [3.8, 4) is 0 Å². The molecule has 23 heavy (non-hydrogen) atoms. The van der Waals surface area contributed by atoms with Gasteiger partial charge in [-0.1, -0.05) is 0 Å². The van der Waals surface area contributed by atoms with Gasteiger partial charge in [0, 0.05) is 0 Å². The first-order valence-electron chi connectivity index (χ1n) is 11.0. The Morgan fingerprint density at radius 2 is 1.09 bits per heavy atom. The zero-order valence-corrected chi connectivity index (χ0v) is 18.5. The predicted octanol–water partition coefficient (Wildman–Crippen LogP) is 7.08. The summed E-state index contributed by atoms with van der Waals surface area (Å²) in [5.41, 5.74) is 0. The van der Waals surface area contributed by atoms with Gasteiger partial charge in [0.05, 0.1) is 0 Å². The van der Waals surface area contributed by atoms with Crippen LogP contribution in [-0.4, -0.2) is 22.5 Å². The minimum absolute atomic E-state index is 0.754. The third kappa shape index (κ3) is 4.14. The van der Waals surface area contributed by atoms with Crippen LogP contribution in [0, 0.1) is 23.7 Å². The fourth-order valence-corrected chi connectivity index (χ4v) is 9.60. The molecule has 0 spiro atoms. The van der Waals surface area contributed by atoms with Crippen molar-refractivity contribution in [2.75, 3.05) is 0 Å². The van der Waals surface area contributed by atoms with E-state index >= 15 is 0 Å². The summed E-state index contributed by atoms with van der Waals surface area (Å²) in [5, 5.41) is 0. The van der Waals surface area contributed by atoms with E-state index in [9.17, 15) is 0 Å². The summed E-state index contributed by atoms with van der Waals surface area (Å²) in [7, 11) is 0. The van der Waals surface area contributed by atoms with E-state index in [2.05, 4.69) is 6.92 Å². The molecule has 131 valence electrons. The Morgan fingerprint density at radius 3 is 1.48 bits per heavy atom. The Bertz CT molecular complexity index is 314. The molecule has 0 aromatic rings. The molecule has 0 nitrogen and oxygen atoms in total. The second-order valence-electron chi connectivity index (χ2n) is 9.02. The molecule has 1 heteroatoms. The van der Waals surface area contributed by atoms with Crippen molar-refractivity contribution in [1.29, 1.82) is 0 Å². The van der Waals surface area contributed by atoms with Gasteiger partial charge in [0.2, 0.25) is 0 Å². The first-order valence-corrected chi connectivity index (χ1v) is 12.4. The second-order valence-corrected chi connectivity index (χ2v) is 11.5. The summed E-state index contributed by atoms with van der Waals surface area (Å²) in [6.07, 6.45) is 24.7. The first-order chi connectivity index (χ1) is 11.3. The molecular weight excluding hydrogens is 383 g/mol. The molecule has 3 radical (unpaired) electrons. The van der Waals surface area contributed by atoms with Crippen molar-refractivity contribution in [2.45, 2.75) is 113 Å². The summed E-state index contributed by atoms with van der Waals surface area (Å²) in [6.45, 7) is 2.55. The van der Waals surface area contributed by atoms with E-state index < -0.39 is 0 Å². The van der Waals surface area contributed by atoms with Crippen LogP contribution < -0.4 is 0 Å². The topological polar surface area (TPSA) is 0 Å². The number of rotatable bonds is 5. The zero-order valence-electron chi connectivity index (χ0n) is 15.6. The molecule has 0 heterocycles. The van der Waals surface area contributed by atoms with Crippen molar-refractivity contribution in [3.63, 3.8) is 0 Å². The second kappa shape index (κ2) is 8.95. The molecule has 3 rings (SSSR count). The van der Waals surface area contributed by atoms with Crippen LogP contribution in [0.15, 0.2) is 0 Å². The summed E-state index contributed by atoms with van der Waals surface area (Å²) >= 11 is 1.94. The Balaban J connectivity index is 1.84. The molecule has 3 aliphatic carbocycles. The van der Waals surface area contributed by atoms with E-state index in [1.807, 2.05) is 22.5 Å². The Hall–Kier alpha value is 0.799. The van der Waals surface area contributed by atoms with Crippen molar-refractivity contribution in [1.82, 2.24) is 0 Å². The van der Waals surface area contributed by atoms with Crippen LogP contribution in [-0.2, 0) is 0 Å². The van der Waals surface area contributed by atoms with Crippen LogP contribution in [0.2, 0.25) is 3.43 Å². The van der Waals surface area contributed by atoms with Gasteiger partial charge < -0.3 is 0 Å². The van der Waals surface area contributed by atoms with Crippen LogP contribution in [0.25, 0.3) is 0 Å². The molecule has 0 amide bonds. The molecule has 3 fully saturated rings. The van der Waals surface area contributed by atoms with Crippen molar-refractivity contribution in [2.24, 2.45) is 23.7 Å². The molecule has 0 aliphatic heterocycles. The van der Waals surface area contributed by atoms with Crippen LogP contribution in [0.1, 0.15) is 110 Å². The quantitative estimate of drug-likeness (QED) is 0.416. The van der Waals surface area contributed by atoms with E-state index in [4.69, 9.17) is 0 Å². The first kappa shape index (κ1) is 18.6. The van der Waals surface area contributed by atoms with Gasteiger partial charge in [0.1, 0.15) is 0 Å². The summed E-state index contributed by atoms with van der Waals surface area (Å²) < 4.78 is 0.754. The average molecular weight is 422 g/mol. The predicted molar refractivity (Wildman–Crippen MR) is 102 cm³/mol. The Morgan fingerprint density at radius 1 is 0.696 bits per heavy atom. The van der Waals surface area contributed by atoms with E-state index in [1.54, 1.807) is 38.5 Å². The van der Waals surface area contributed by atoms with Crippen LogP contribution in [0.5, 0.6) is 0 Å². The molecule has 0 saturated heterocycles. The number of hydrogen-bond donors (Lipinski definition) is 0. The molecule has 0 bridgehead atoms. The number of hydrogen-bond acceptors (Lipinski definition) is 0. The summed E-state index contributed by atoms with van der Waals surface area (Å²) in [6, 6.07) is 0. The third-order valence-corrected chi connectivity index (χ3v) is 11.2. The molecule has 1 unspecified atom stereocenters. The van der Waals surface area contributed by atoms with E-state index in [0.717, 1.165) is 27.1 Å². The van der Waals surface area contributed by atoms with Gasteiger partial charge in [-0.05, 0) is 0 Å². The molecule has 1 atom stereocenters. The Kier molecular flexibility index (Phi) is 7.23. The van der Waals surface area contributed by atoms with E-state index in [-0.39, 0.29) is 0 Å². The monoisotopic (exact) mass is 423 g/mol. The van der Waals surface area contributed by atoms with Crippen LogP contribution in [0.3, 0.4) is 0 Å². The van der Waals surface area contributed by atoms with Crippen molar-refractivity contribution in [3.05, 3.63) is 0 Å². The molecule has 3 saturated carbocycles. The van der Waals surface area contributed by atoms with Gasteiger partial charge >= 0.3 is 159 Å². The molecular formula is C22H39Sn. The van der Waals surface area contributed by atoms with Gasteiger partial charge in [0.15, 0.2) is 0 Å². The summed E-state index contributed by atoms with van der Waals surface area (Å²) in [4.78, 5) is 0. The SMILES string of the molecule is CCC(C1CCCCC1)[C]([Sn])(C1CCCCC1)C1CCCCC1. The van der Waals surface area contributed by atoms with E-state index in [1.165, 1.54) is 64.2 Å². The molecule has 0 aromatic heterocycles. The summed E-state index contributed by atoms with van der Waals surface area (Å²) in [5.74, 6) is 4.32. The van der Waals surface area contributed by atoms with Crippen molar-refractivity contribution < 1.29 is 0 Å². The van der Waals surface area contributed by atoms with Crippen molar-refractivity contribution >= 4 is 22.5 Å². The van der Waals surface area contributed by atoms with Gasteiger partial charge in [0.25, 0.3) is 0 Å². The standard InChI is InChI=1S/C22H39.Sn/c1-2-21(18-12-6-3-7-13-18)22(19-14-8-4-9-15-19)20-16-10-5-11-17-20;/h18-21H,2-17H2,1H3;. The average Bonchev–Trinajstić information content (AvgIpc) is 2.64. The van der Waals surface area contributed by atoms with Crippen LogP contribution in [0.4, 0.5) is 0 Å². The third-order valence-electron chi connectivity index (χ3n) is 7.83. The van der Waals surface area contributed by atoms with Gasteiger partial charge in [-0.3, -0.25) is 0 Å². The maximum atomic E-state index is 2.55. The maximum absolute atomic E-state index is 2.55. The fourth-order valence-electron chi connectivity index (χ4n) is 6.70.